The van der Waals surface area contributed by atoms with Gasteiger partial charge in [-0.15, -0.1) is 0 Å². The highest BCUT2D eigenvalue weighted by atomic mass is 16.7. The maximum Gasteiger partial charge on any atom is 0.194 e. The summed E-state index contributed by atoms with van der Waals surface area (Å²) in [6.07, 6.45) is -0.789. The van der Waals surface area contributed by atoms with E-state index in [-0.39, 0.29) is 0 Å². The molecule has 0 amide bonds. The molecule has 0 spiro atoms. The summed E-state index contributed by atoms with van der Waals surface area (Å²) >= 11 is 0. The molecule has 0 saturated carbocycles. The molecule has 0 aromatic heterocycles. The Morgan fingerprint density at radius 2 is 1.10 bits per heavy atom. The average molecular weight is 286 g/mol. The maximum atomic E-state index is 11.3. The summed E-state index contributed by atoms with van der Waals surface area (Å²) in [5.41, 5.74) is 2.40. The van der Waals surface area contributed by atoms with Gasteiger partial charge in [-0.25, -0.2) is 0 Å². The van der Waals surface area contributed by atoms with Crippen molar-refractivity contribution in [1.29, 1.82) is 0 Å². The molecule has 0 heterocycles. The fourth-order valence-corrected chi connectivity index (χ4v) is 2.49. The first-order valence-electron chi connectivity index (χ1n) is 6.94. The zero-order chi connectivity index (χ0) is 15.5. The Bertz CT molecular complexity index is 523. The van der Waals surface area contributed by atoms with E-state index in [9.17, 15) is 5.11 Å². The van der Waals surface area contributed by atoms with Crippen LogP contribution in [-0.2, 0) is 15.1 Å². The third-order valence-corrected chi connectivity index (χ3v) is 3.75. The highest BCUT2D eigenvalue weighted by Gasteiger charge is 2.41. The van der Waals surface area contributed by atoms with Crippen LogP contribution < -0.4 is 0 Å². The average Bonchev–Trinajstić information content (AvgIpc) is 2.49. The normalized spacial score (nSPS) is 11.9. The van der Waals surface area contributed by atoms with Crippen molar-refractivity contribution in [2.24, 2.45) is 0 Å². The lowest BCUT2D eigenvalue weighted by Crippen LogP contribution is -2.43. The molecule has 3 nitrogen and oxygen atoms in total. The summed E-state index contributed by atoms with van der Waals surface area (Å²) < 4.78 is 10.7. The van der Waals surface area contributed by atoms with Crippen LogP contribution in [0.15, 0.2) is 48.5 Å². The maximum absolute atomic E-state index is 11.3. The number of aliphatic hydroxyl groups is 1. The second kappa shape index (κ2) is 6.39. The van der Waals surface area contributed by atoms with Crippen molar-refractivity contribution in [3.05, 3.63) is 70.8 Å². The van der Waals surface area contributed by atoms with Crippen LogP contribution in [0.25, 0.3) is 0 Å². The molecule has 21 heavy (non-hydrogen) atoms. The van der Waals surface area contributed by atoms with Gasteiger partial charge < -0.3 is 14.6 Å². The van der Waals surface area contributed by atoms with E-state index >= 15 is 0 Å². The molecule has 0 aliphatic rings. The van der Waals surface area contributed by atoms with Crippen LogP contribution in [0.1, 0.15) is 22.3 Å². The van der Waals surface area contributed by atoms with Crippen LogP contribution in [-0.4, -0.2) is 25.6 Å². The lowest BCUT2D eigenvalue weighted by atomic mass is 9.85. The van der Waals surface area contributed by atoms with Gasteiger partial charge in [-0.1, -0.05) is 59.7 Å². The van der Waals surface area contributed by atoms with Gasteiger partial charge >= 0.3 is 0 Å². The summed E-state index contributed by atoms with van der Waals surface area (Å²) in [6, 6.07) is 15.5. The van der Waals surface area contributed by atoms with Crippen molar-refractivity contribution < 1.29 is 14.6 Å². The van der Waals surface area contributed by atoms with Crippen LogP contribution in [0.3, 0.4) is 0 Å². The van der Waals surface area contributed by atoms with Gasteiger partial charge in [0.05, 0.1) is 0 Å². The SMILES string of the molecule is COC(OC)C(O)(c1ccc(C)cc1)c1ccc(C)cc1. The summed E-state index contributed by atoms with van der Waals surface area (Å²) in [4.78, 5) is 0. The Labute approximate surface area is 126 Å². The quantitative estimate of drug-likeness (QED) is 0.858. The molecule has 3 heteroatoms. The molecule has 2 aromatic rings. The Hall–Kier alpha value is -1.68. The third kappa shape index (κ3) is 3.00. The fourth-order valence-electron chi connectivity index (χ4n) is 2.49. The van der Waals surface area contributed by atoms with Gasteiger partial charge in [0.25, 0.3) is 0 Å². The van der Waals surface area contributed by atoms with Crippen LogP contribution in [0.4, 0.5) is 0 Å². The minimum atomic E-state index is -1.36. The second-order valence-corrected chi connectivity index (χ2v) is 5.30. The molecule has 1 N–H and O–H groups in total. The van der Waals surface area contributed by atoms with E-state index in [1.807, 2.05) is 62.4 Å². The summed E-state index contributed by atoms with van der Waals surface area (Å²) in [6.45, 7) is 4.03. The predicted molar refractivity (Wildman–Crippen MR) is 83.2 cm³/mol. The molecule has 0 fully saturated rings. The summed E-state index contributed by atoms with van der Waals surface area (Å²) in [5.74, 6) is 0. The molecule has 2 aromatic carbocycles. The molecule has 2 rings (SSSR count). The molecule has 0 bridgehead atoms. The number of hydrogen-bond donors (Lipinski definition) is 1. The van der Waals surface area contributed by atoms with Crippen molar-refractivity contribution in [1.82, 2.24) is 0 Å². The lowest BCUT2D eigenvalue weighted by molar-refractivity contribution is -0.203. The van der Waals surface area contributed by atoms with Crippen molar-refractivity contribution in [2.45, 2.75) is 25.7 Å². The number of hydrogen-bond acceptors (Lipinski definition) is 3. The molecule has 0 saturated heterocycles. The highest BCUT2D eigenvalue weighted by molar-refractivity contribution is 5.39. The van der Waals surface area contributed by atoms with Crippen molar-refractivity contribution in [2.75, 3.05) is 14.2 Å². The van der Waals surface area contributed by atoms with Gasteiger partial charge in [-0.05, 0) is 25.0 Å². The van der Waals surface area contributed by atoms with E-state index in [1.165, 1.54) is 14.2 Å². The first-order chi connectivity index (χ1) is 10.0. The number of aryl methyl sites for hydroxylation is 2. The Kier molecular flexibility index (Phi) is 4.78. The van der Waals surface area contributed by atoms with Crippen molar-refractivity contribution >= 4 is 0 Å². The zero-order valence-electron chi connectivity index (χ0n) is 13.0. The van der Waals surface area contributed by atoms with Gasteiger partial charge in [0.15, 0.2) is 11.9 Å². The predicted octanol–water partition coefficient (Wildman–Crippen LogP) is 3.16. The van der Waals surface area contributed by atoms with E-state index < -0.39 is 11.9 Å². The molecule has 0 unspecified atom stereocenters. The first kappa shape index (κ1) is 15.7. The van der Waals surface area contributed by atoms with Crippen LogP contribution in [0.5, 0.6) is 0 Å². The first-order valence-corrected chi connectivity index (χ1v) is 6.94. The molecule has 0 aliphatic heterocycles. The van der Waals surface area contributed by atoms with E-state index in [0.29, 0.717) is 0 Å². The monoisotopic (exact) mass is 286 g/mol. The van der Waals surface area contributed by atoms with Gasteiger partial charge in [0.2, 0.25) is 0 Å². The number of benzene rings is 2. The standard InChI is InChI=1S/C18H22O3/c1-13-5-9-15(10-6-13)18(19,17(20-3)21-4)16-11-7-14(2)8-12-16/h5-12,17,19H,1-4H3. The summed E-state index contributed by atoms with van der Waals surface area (Å²) in [7, 11) is 3.06. The third-order valence-electron chi connectivity index (χ3n) is 3.75. The van der Waals surface area contributed by atoms with Gasteiger partial charge in [0.1, 0.15) is 0 Å². The largest absolute Gasteiger partial charge is 0.375 e. The minimum Gasteiger partial charge on any atom is -0.375 e. The van der Waals surface area contributed by atoms with Gasteiger partial charge in [-0.3, -0.25) is 0 Å². The zero-order valence-corrected chi connectivity index (χ0v) is 13.0. The van der Waals surface area contributed by atoms with E-state index in [1.54, 1.807) is 0 Å². The van der Waals surface area contributed by atoms with Crippen molar-refractivity contribution in [3.8, 4) is 0 Å². The van der Waals surface area contributed by atoms with E-state index in [4.69, 9.17) is 9.47 Å². The molecule has 0 radical (unpaired) electrons. The second-order valence-electron chi connectivity index (χ2n) is 5.30. The van der Waals surface area contributed by atoms with Crippen molar-refractivity contribution in [3.63, 3.8) is 0 Å². The van der Waals surface area contributed by atoms with E-state index in [2.05, 4.69) is 0 Å². The number of methoxy groups -OCH3 is 2. The number of rotatable bonds is 5. The number of ether oxygens (including phenoxy) is 2. The lowest BCUT2D eigenvalue weighted by Gasteiger charge is -2.35. The van der Waals surface area contributed by atoms with E-state index in [0.717, 1.165) is 22.3 Å². The van der Waals surface area contributed by atoms with Crippen LogP contribution in [0, 0.1) is 13.8 Å². The highest BCUT2D eigenvalue weighted by Crippen LogP contribution is 2.35. The van der Waals surface area contributed by atoms with Crippen LogP contribution in [0.2, 0.25) is 0 Å². The van der Waals surface area contributed by atoms with Gasteiger partial charge in [0, 0.05) is 14.2 Å². The Morgan fingerprint density at radius 1 is 0.762 bits per heavy atom. The molecule has 112 valence electrons. The fraction of sp³-hybridized carbons (Fsp3) is 0.333. The summed E-state index contributed by atoms with van der Waals surface area (Å²) in [5, 5.41) is 11.3. The van der Waals surface area contributed by atoms with Crippen LogP contribution >= 0.6 is 0 Å². The molecule has 0 aliphatic carbocycles. The molecular formula is C18H22O3. The minimum absolute atomic E-state index is 0.741. The Balaban J connectivity index is 2.58. The smallest absolute Gasteiger partial charge is 0.194 e. The molecular weight excluding hydrogens is 264 g/mol. The topological polar surface area (TPSA) is 38.7 Å². The molecule has 0 atom stereocenters. The van der Waals surface area contributed by atoms with Gasteiger partial charge in [-0.2, -0.15) is 0 Å². The Morgan fingerprint density at radius 3 is 1.38 bits per heavy atom.